The van der Waals surface area contributed by atoms with Crippen molar-refractivity contribution in [3.63, 3.8) is 0 Å². The van der Waals surface area contributed by atoms with Gasteiger partial charge in [-0.3, -0.25) is 4.57 Å². The zero-order valence-corrected chi connectivity index (χ0v) is 13.1. The summed E-state index contributed by atoms with van der Waals surface area (Å²) in [6, 6.07) is 0. The molecule has 1 aliphatic heterocycles. The second kappa shape index (κ2) is 7.27. The molecule has 1 saturated heterocycles. The summed E-state index contributed by atoms with van der Waals surface area (Å²) >= 11 is 0. The van der Waals surface area contributed by atoms with E-state index in [9.17, 15) is 25.2 Å². The SMILES string of the molecule is O=C([O-])CCCNc1ncnc2c1ncn2[C@H]1O[C@@H](CO)[C@@H](O)[C@H]1O. The summed E-state index contributed by atoms with van der Waals surface area (Å²) < 4.78 is 6.92. The fourth-order valence-corrected chi connectivity index (χ4v) is 2.72. The number of hydrogen-bond donors (Lipinski definition) is 4. The Bertz CT molecular complexity index is 752. The Morgan fingerprint density at radius 2 is 2.12 bits per heavy atom. The quantitative estimate of drug-likeness (QED) is 0.387. The number of aliphatic hydroxyl groups is 3. The minimum Gasteiger partial charge on any atom is -0.550 e. The maximum atomic E-state index is 10.4. The molecule has 0 aliphatic carbocycles. The highest BCUT2D eigenvalue weighted by Gasteiger charge is 2.44. The van der Waals surface area contributed by atoms with Crippen molar-refractivity contribution in [2.45, 2.75) is 37.4 Å². The van der Waals surface area contributed by atoms with Crippen LogP contribution in [0.3, 0.4) is 0 Å². The number of carboxylic acids is 1. The van der Waals surface area contributed by atoms with E-state index in [0.717, 1.165) is 0 Å². The van der Waals surface area contributed by atoms with Crippen molar-refractivity contribution < 1.29 is 30.0 Å². The number of aliphatic hydroxyl groups excluding tert-OH is 3. The molecule has 0 saturated carbocycles. The Morgan fingerprint density at radius 3 is 2.80 bits per heavy atom. The third kappa shape index (κ3) is 3.39. The minimum atomic E-state index is -1.25. The number of aliphatic carboxylic acids is 1. The smallest absolute Gasteiger partial charge is 0.167 e. The number of hydrogen-bond acceptors (Lipinski definition) is 10. The first-order valence-electron chi connectivity index (χ1n) is 7.76. The number of anilines is 1. The molecule has 2 aromatic heterocycles. The Balaban J connectivity index is 1.80. The van der Waals surface area contributed by atoms with Gasteiger partial charge >= 0.3 is 0 Å². The van der Waals surface area contributed by atoms with Gasteiger partial charge in [-0.2, -0.15) is 0 Å². The standard InChI is InChI=1S/C14H19N5O6/c20-4-7-10(23)11(24)14(25-7)19-6-18-9-12(16-5-17-13(9)19)15-3-1-2-8(21)22/h5-7,10-11,14,20,23-24H,1-4H2,(H,21,22)(H,15,16,17)/p-1/t7-,10+,11+,14-/m0/s1. The molecule has 11 nitrogen and oxygen atoms in total. The van der Waals surface area contributed by atoms with Gasteiger partial charge in [0, 0.05) is 12.5 Å². The van der Waals surface area contributed by atoms with E-state index in [0.29, 0.717) is 29.9 Å². The molecule has 11 heteroatoms. The van der Waals surface area contributed by atoms with E-state index < -0.39 is 37.1 Å². The van der Waals surface area contributed by atoms with Crippen LogP contribution >= 0.6 is 0 Å². The van der Waals surface area contributed by atoms with Crippen molar-refractivity contribution in [1.82, 2.24) is 19.5 Å². The fraction of sp³-hybridized carbons (Fsp3) is 0.571. The monoisotopic (exact) mass is 352 g/mol. The number of ether oxygens (including phenoxy) is 1. The zero-order valence-electron chi connectivity index (χ0n) is 13.1. The van der Waals surface area contributed by atoms with Gasteiger partial charge in [-0.1, -0.05) is 0 Å². The van der Waals surface area contributed by atoms with Crippen molar-refractivity contribution >= 4 is 23.0 Å². The number of rotatable bonds is 7. The summed E-state index contributed by atoms with van der Waals surface area (Å²) in [5, 5.41) is 42.6. The molecule has 0 spiro atoms. The molecule has 0 radical (unpaired) electrons. The van der Waals surface area contributed by atoms with Gasteiger partial charge in [-0.05, 0) is 12.8 Å². The normalized spacial score (nSPS) is 26.2. The van der Waals surface area contributed by atoms with Crippen LogP contribution < -0.4 is 10.4 Å². The Labute approximate surface area is 141 Å². The van der Waals surface area contributed by atoms with Gasteiger partial charge in [0.15, 0.2) is 23.2 Å². The van der Waals surface area contributed by atoms with E-state index in [1.807, 2.05) is 0 Å². The van der Waals surface area contributed by atoms with E-state index in [-0.39, 0.29) is 6.42 Å². The van der Waals surface area contributed by atoms with Crippen LogP contribution in [0.15, 0.2) is 12.7 Å². The number of fused-ring (bicyclic) bond motifs is 1. The fourth-order valence-electron chi connectivity index (χ4n) is 2.72. The predicted octanol–water partition coefficient (Wildman–Crippen LogP) is -2.62. The molecular weight excluding hydrogens is 334 g/mol. The van der Waals surface area contributed by atoms with Crippen LogP contribution in [-0.4, -0.2) is 72.3 Å². The van der Waals surface area contributed by atoms with Crippen molar-refractivity contribution in [3.8, 4) is 0 Å². The zero-order chi connectivity index (χ0) is 18.0. The first kappa shape index (κ1) is 17.5. The summed E-state index contributed by atoms with van der Waals surface area (Å²) in [5.74, 6) is -0.711. The van der Waals surface area contributed by atoms with Crippen molar-refractivity contribution in [1.29, 1.82) is 0 Å². The van der Waals surface area contributed by atoms with E-state index in [2.05, 4.69) is 20.3 Å². The molecule has 1 fully saturated rings. The highest BCUT2D eigenvalue weighted by Crippen LogP contribution is 2.31. The number of imidazole rings is 1. The number of nitrogens with one attached hydrogen (secondary N) is 1. The average molecular weight is 352 g/mol. The molecule has 3 rings (SSSR count). The van der Waals surface area contributed by atoms with Crippen molar-refractivity contribution in [2.75, 3.05) is 18.5 Å². The highest BCUT2D eigenvalue weighted by molar-refractivity contribution is 5.82. The van der Waals surface area contributed by atoms with E-state index in [1.54, 1.807) is 0 Å². The first-order valence-corrected chi connectivity index (χ1v) is 7.76. The maximum Gasteiger partial charge on any atom is 0.167 e. The number of carbonyl (C=O) groups excluding carboxylic acids is 1. The minimum absolute atomic E-state index is 0.0712. The number of carbonyl (C=O) groups is 1. The Hall–Kier alpha value is -2.34. The molecule has 136 valence electrons. The summed E-state index contributed by atoms with van der Waals surface area (Å²) in [6.07, 6.45) is -1.34. The summed E-state index contributed by atoms with van der Waals surface area (Å²) in [5.41, 5.74) is 0.779. The second-order valence-electron chi connectivity index (χ2n) is 5.68. The van der Waals surface area contributed by atoms with Crippen LogP contribution in [0.2, 0.25) is 0 Å². The number of nitrogens with zero attached hydrogens (tertiary/aromatic N) is 4. The topological polar surface area (TPSA) is 166 Å². The second-order valence-corrected chi connectivity index (χ2v) is 5.68. The van der Waals surface area contributed by atoms with E-state index in [1.165, 1.54) is 17.2 Å². The molecule has 3 heterocycles. The largest absolute Gasteiger partial charge is 0.550 e. The van der Waals surface area contributed by atoms with Crippen LogP contribution in [0.5, 0.6) is 0 Å². The molecular formula is C14H18N5O6-. The molecule has 0 bridgehead atoms. The van der Waals surface area contributed by atoms with Crippen LogP contribution in [0.1, 0.15) is 19.1 Å². The van der Waals surface area contributed by atoms with Crippen LogP contribution in [0.25, 0.3) is 11.2 Å². The molecule has 1 aliphatic rings. The predicted molar refractivity (Wildman–Crippen MR) is 81.1 cm³/mol. The third-order valence-corrected chi connectivity index (χ3v) is 4.00. The van der Waals surface area contributed by atoms with E-state index >= 15 is 0 Å². The number of carboxylic acid groups (broad SMARTS) is 1. The third-order valence-electron chi connectivity index (χ3n) is 4.00. The molecule has 2 aromatic rings. The van der Waals surface area contributed by atoms with Gasteiger partial charge in [-0.25, -0.2) is 15.0 Å². The molecule has 0 aromatic carbocycles. The maximum absolute atomic E-state index is 10.4. The van der Waals surface area contributed by atoms with Gasteiger partial charge in [0.05, 0.1) is 12.9 Å². The van der Waals surface area contributed by atoms with Crippen molar-refractivity contribution in [3.05, 3.63) is 12.7 Å². The molecule has 4 atom stereocenters. The van der Waals surface area contributed by atoms with Crippen LogP contribution in [0.4, 0.5) is 5.82 Å². The van der Waals surface area contributed by atoms with Gasteiger partial charge in [0.1, 0.15) is 24.6 Å². The van der Waals surface area contributed by atoms with E-state index in [4.69, 9.17) is 4.74 Å². The van der Waals surface area contributed by atoms with Gasteiger partial charge in [0.2, 0.25) is 0 Å². The lowest BCUT2D eigenvalue weighted by Crippen LogP contribution is -2.33. The summed E-state index contributed by atoms with van der Waals surface area (Å²) in [4.78, 5) is 22.8. The summed E-state index contributed by atoms with van der Waals surface area (Å²) in [7, 11) is 0. The molecule has 0 unspecified atom stereocenters. The molecule has 0 amide bonds. The van der Waals surface area contributed by atoms with Gasteiger partial charge in [-0.15, -0.1) is 0 Å². The highest BCUT2D eigenvalue weighted by atomic mass is 16.6. The van der Waals surface area contributed by atoms with Crippen LogP contribution in [-0.2, 0) is 9.53 Å². The first-order chi connectivity index (χ1) is 12.0. The average Bonchev–Trinajstić information content (AvgIpc) is 3.14. The summed E-state index contributed by atoms with van der Waals surface area (Å²) in [6.45, 7) is -0.0671. The molecule has 25 heavy (non-hydrogen) atoms. The van der Waals surface area contributed by atoms with Gasteiger partial charge < -0.3 is 35.3 Å². The lowest BCUT2D eigenvalue weighted by molar-refractivity contribution is -0.305. The lowest BCUT2D eigenvalue weighted by Gasteiger charge is -2.16. The molecule has 4 N–H and O–H groups in total. The van der Waals surface area contributed by atoms with Gasteiger partial charge in [0.25, 0.3) is 0 Å². The number of aromatic nitrogens is 4. The Kier molecular flexibility index (Phi) is 5.08. The van der Waals surface area contributed by atoms with Crippen molar-refractivity contribution in [2.24, 2.45) is 0 Å². The van der Waals surface area contributed by atoms with Crippen LogP contribution in [0, 0.1) is 0 Å². The Morgan fingerprint density at radius 1 is 1.32 bits per heavy atom. The lowest BCUT2D eigenvalue weighted by atomic mass is 10.1.